The smallest absolute Gasteiger partial charge is 0.331 e. The highest BCUT2D eigenvalue weighted by molar-refractivity contribution is 5.94. The summed E-state index contributed by atoms with van der Waals surface area (Å²) >= 11 is 0. The largest absolute Gasteiger partial charge is 0.462 e. The SMILES string of the molecule is Cc1ccc(C=CC(=O)OCC(=O)Nc2c(C)n(C)n(-c3ccccc3)c2=O)o1. The van der Waals surface area contributed by atoms with E-state index in [1.807, 2.05) is 18.2 Å². The molecule has 1 N–H and O–H groups in total. The standard InChI is InChI=1S/C21H21N3O5/c1-14-9-10-17(29-14)11-12-19(26)28-13-18(25)22-20-15(2)23(3)24(21(20)27)16-7-5-4-6-8-16/h4-12H,13H2,1-3H3,(H,22,25). The predicted molar refractivity (Wildman–Crippen MR) is 108 cm³/mol. The lowest BCUT2D eigenvalue weighted by Crippen LogP contribution is -2.25. The van der Waals surface area contributed by atoms with Gasteiger partial charge in [-0.1, -0.05) is 18.2 Å². The van der Waals surface area contributed by atoms with Gasteiger partial charge in [-0.25, -0.2) is 9.48 Å². The molecule has 1 aromatic carbocycles. The van der Waals surface area contributed by atoms with Gasteiger partial charge in [0, 0.05) is 13.1 Å². The quantitative estimate of drug-likeness (QED) is 0.511. The zero-order valence-corrected chi connectivity index (χ0v) is 16.3. The molecule has 0 atom stereocenters. The lowest BCUT2D eigenvalue weighted by atomic mass is 10.3. The van der Waals surface area contributed by atoms with Gasteiger partial charge in [0.05, 0.1) is 11.4 Å². The maximum absolute atomic E-state index is 12.7. The van der Waals surface area contributed by atoms with E-state index in [1.54, 1.807) is 49.8 Å². The van der Waals surface area contributed by atoms with Crippen molar-refractivity contribution in [2.75, 3.05) is 11.9 Å². The molecule has 0 aliphatic rings. The van der Waals surface area contributed by atoms with Gasteiger partial charge in [-0.15, -0.1) is 0 Å². The summed E-state index contributed by atoms with van der Waals surface area (Å²) in [4.78, 5) is 36.7. The Bertz CT molecular complexity index is 1120. The van der Waals surface area contributed by atoms with Gasteiger partial charge in [-0.3, -0.25) is 14.3 Å². The zero-order valence-electron chi connectivity index (χ0n) is 16.3. The van der Waals surface area contributed by atoms with Crippen LogP contribution in [-0.2, 0) is 21.4 Å². The maximum atomic E-state index is 12.7. The predicted octanol–water partition coefficient (Wildman–Crippen LogP) is 2.58. The van der Waals surface area contributed by atoms with Crippen LogP contribution in [-0.4, -0.2) is 27.8 Å². The summed E-state index contributed by atoms with van der Waals surface area (Å²) in [7, 11) is 1.72. The van der Waals surface area contributed by atoms with Gasteiger partial charge in [-0.2, -0.15) is 0 Å². The summed E-state index contributed by atoms with van der Waals surface area (Å²) in [5.74, 6) is -0.0747. The van der Waals surface area contributed by atoms with Gasteiger partial charge in [0.15, 0.2) is 6.61 Å². The monoisotopic (exact) mass is 395 g/mol. The minimum absolute atomic E-state index is 0.138. The normalized spacial score (nSPS) is 11.0. The highest BCUT2D eigenvalue weighted by Crippen LogP contribution is 2.14. The molecule has 3 aromatic rings. The van der Waals surface area contributed by atoms with Crippen LogP contribution in [0.4, 0.5) is 5.69 Å². The minimum Gasteiger partial charge on any atom is -0.462 e. The number of furan rings is 1. The number of nitrogens with one attached hydrogen (secondary N) is 1. The van der Waals surface area contributed by atoms with Crippen molar-refractivity contribution in [3.05, 3.63) is 76.1 Å². The number of hydrogen-bond donors (Lipinski definition) is 1. The lowest BCUT2D eigenvalue weighted by molar-refractivity contribution is -0.142. The second-order valence-electron chi connectivity index (χ2n) is 6.37. The number of anilines is 1. The van der Waals surface area contributed by atoms with Gasteiger partial charge >= 0.3 is 5.97 Å². The van der Waals surface area contributed by atoms with Crippen LogP contribution in [0, 0.1) is 13.8 Å². The van der Waals surface area contributed by atoms with Crippen molar-refractivity contribution in [3.8, 4) is 5.69 Å². The van der Waals surface area contributed by atoms with Gasteiger partial charge in [-0.05, 0) is 44.2 Å². The highest BCUT2D eigenvalue weighted by atomic mass is 16.5. The highest BCUT2D eigenvalue weighted by Gasteiger charge is 2.18. The first kappa shape index (κ1) is 19.9. The third-order valence-corrected chi connectivity index (χ3v) is 4.31. The molecule has 8 nitrogen and oxygen atoms in total. The first-order valence-corrected chi connectivity index (χ1v) is 8.92. The molecule has 0 saturated heterocycles. The van der Waals surface area contributed by atoms with Crippen LogP contribution in [0.3, 0.4) is 0 Å². The third kappa shape index (κ3) is 4.55. The average Bonchev–Trinajstić information content (AvgIpc) is 3.22. The van der Waals surface area contributed by atoms with E-state index in [-0.39, 0.29) is 11.2 Å². The number of carbonyl (C=O) groups is 2. The second-order valence-corrected chi connectivity index (χ2v) is 6.37. The number of carbonyl (C=O) groups excluding carboxylic acids is 2. The van der Waals surface area contributed by atoms with E-state index in [0.717, 1.165) is 5.76 Å². The summed E-state index contributed by atoms with van der Waals surface area (Å²) in [6, 6.07) is 12.5. The van der Waals surface area contributed by atoms with E-state index < -0.39 is 18.5 Å². The number of para-hydroxylation sites is 1. The van der Waals surface area contributed by atoms with Crippen molar-refractivity contribution < 1.29 is 18.7 Å². The van der Waals surface area contributed by atoms with Gasteiger partial charge in [0.2, 0.25) is 0 Å². The summed E-state index contributed by atoms with van der Waals surface area (Å²) in [5.41, 5.74) is 1.02. The molecule has 3 rings (SSSR count). The van der Waals surface area contributed by atoms with Gasteiger partial charge < -0.3 is 14.5 Å². The number of rotatable bonds is 6. The summed E-state index contributed by atoms with van der Waals surface area (Å²) in [6.07, 6.45) is 2.62. The fourth-order valence-corrected chi connectivity index (χ4v) is 2.77. The summed E-state index contributed by atoms with van der Waals surface area (Å²) < 4.78 is 13.3. The Hall–Kier alpha value is -3.81. The first-order valence-electron chi connectivity index (χ1n) is 8.92. The number of esters is 1. The average molecular weight is 395 g/mol. The molecule has 1 amide bonds. The molecular weight excluding hydrogens is 374 g/mol. The molecule has 0 aliphatic carbocycles. The Balaban J connectivity index is 1.64. The molecule has 2 heterocycles. The Labute approximate surface area is 167 Å². The molecule has 0 radical (unpaired) electrons. The van der Waals surface area contributed by atoms with E-state index in [1.165, 1.54) is 16.8 Å². The van der Waals surface area contributed by atoms with Crippen LogP contribution in [0.1, 0.15) is 17.2 Å². The number of ether oxygens (including phenoxy) is 1. The molecule has 150 valence electrons. The van der Waals surface area contributed by atoms with E-state index in [9.17, 15) is 14.4 Å². The van der Waals surface area contributed by atoms with E-state index in [0.29, 0.717) is 17.1 Å². The molecule has 0 aliphatic heterocycles. The molecule has 2 aromatic heterocycles. The van der Waals surface area contributed by atoms with Crippen LogP contribution in [0.5, 0.6) is 0 Å². The Morgan fingerprint density at radius 1 is 1.14 bits per heavy atom. The lowest BCUT2D eigenvalue weighted by Gasteiger charge is -2.07. The van der Waals surface area contributed by atoms with Crippen LogP contribution in [0.25, 0.3) is 11.8 Å². The Kier molecular flexibility index (Phi) is 5.82. The minimum atomic E-state index is -0.694. The van der Waals surface area contributed by atoms with Crippen LogP contribution in [0.15, 0.2) is 57.8 Å². The number of amides is 1. The summed E-state index contributed by atoms with van der Waals surface area (Å²) in [6.45, 7) is 2.99. The van der Waals surface area contributed by atoms with Crippen LogP contribution < -0.4 is 10.9 Å². The third-order valence-electron chi connectivity index (χ3n) is 4.31. The number of aromatic nitrogens is 2. The fourth-order valence-electron chi connectivity index (χ4n) is 2.77. The first-order chi connectivity index (χ1) is 13.9. The molecule has 0 saturated carbocycles. The molecule has 0 fully saturated rings. The summed E-state index contributed by atoms with van der Waals surface area (Å²) in [5, 5.41) is 2.53. The molecule has 0 spiro atoms. The van der Waals surface area contributed by atoms with E-state index >= 15 is 0 Å². The van der Waals surface area contributed by atoms with Gasteiger partial charge in [0.25, 0.3) is 11.5 Å². The van der Waals surface area contributed by atoms with Crippen molar-refractivity contribution >= 4 is 23.6 Å². The molecule has 29 heavy (non-hydrogen) atoms. The van der Waals surface area contributed by atoms with Crippen molar-refractivity contribution in [1.82, 2.24) is 9.36 Å². The van der Waals surface area contributed by atoms with E-state index in [4.69, 9.17) is 9.15 Å². The topological polar surface area (TPSA) is 95.5 Å². The Morgan fingerprint density at radius 3 is 2.52 bits per heavy atom. The fraction of sp³-hybridized carbons (Fsp3) is 0.190. The van der Waals surface area contributed by atoms with Gasteiger partial charge in [0.1, 0.15) is 17.2 Å². The number of nitrogens with zero attached hydrogens (tertiary/aromatic N) is 2. The number of aryl methyl sites for hydroxylation is 1. The molecule has 0 unspecified atom stereocenters. The molecule has 0 bridgehead atoms. The van der Waals surface area contributed by atoms with Crippen LogP contribution in [0.2, 0.25) is 0 Å². The molecule has 8 heteroatoms. The van der Waals surface area contributed by atoms with Crippen LogP contribution >= 0.6 is 0 Å². The van der Waals surface area contributed by atoms with Crippen molar-refractivity contribution in [2.24, 2.45) is 7.05 Å². The zero-order chi connectivity index (χ0) is 21.0. The number of hydrogen-bond acceptors (Lipinski definition) is 5. The second kappa shape index (κ2) is 8.47. The maximum Gasteiger partial charge on any atom is 0.331 e. The van der Waals surface area contributed by atoms with Crippen molar-refractivity contribution in [1.29, 1.82) is 0 Å². The number of benzene rings is 1. The van der Waals surface area contributed by atoms with Crippen molar-refractivity contribution in [3.63, 3.8) is 0 Å². The van der Waals surface area contributed by atoms with Crippen molar-refractivity contribution in [2.45, 2.75) is 13.8 Å². The molecular formula is C21H21N3O5. The van der Waals surface area contributed by atoms with E-state index in [2.05, 4.69) is 5.32 Å². The Morgan fingerprint density at radius 2 is 1.86 bits per heavy atom.